The summed E-state index contributed by atoms with van der Waals surface area (Å²) in [5, 5.41) is 5.70. The Labute approximate surface area is 101 Å². The molecule has 0 saturated carbocycles. The molecule has 0 aromatic carbocycles. The quantitative estimate of drug-likeness (QED) is 0.715. The van der Waals surface area contributed by atoms with E-state index >= 15 is 0 Å². The summed E-state index contributed by atoms with van der Waals surface area (Å²) in [5.74, 6) is 1.02. The van der Waals surface area contributed by atoms with Gasteiger partial charge in [0.25, 0.3) is 0 Å². The fourth-order valence-electron chi connectivity index (χ4n) is 1.25. The number of amides is 1. The van der Waals surface area contributed by atoms with Gasteiger partial charge >= 0.3 is 0 Å². The van der Waals surface area contributed by atoms with Crippen molar-refractivity contribution >= 4 is 11.9 Å². The summed E-state index contributed by atoms with van der Waals surface area (Å²) in [6.45, 7) is 6.95. The van der Waals surface area contributed by atoms with Gasteiger partial charge in [-0.3, -0.25) is 4.79 Å². The first kappa shape index (κ1) is 13.2. The van der Waals surface area contributed by atoms with Gasteiger partial charge in [0.15, 0.2) is 0 Å². The minimum Gasteiger partial charge on any atom is -0.478 e. The Morgan fingerprint density at radius 2 is 2.18 bits per heavy atom. The van der Waals surface area contributed by atoms with Crippen LogP contribution in [0.15, 0.2) is 6.07 Å². The second-order valence-electron chi connectivity index (χ2n) is 3.51. The van der Waals surface area contributed by atoms with E-state index < -0.39 is 0 Å². The van der Waals surface area contributed by atoms with E-state index in [9.17, 15) is 4.79 Å². The SMILES string of the molecule is CCOc1cc(C)nc(NCCNC(C)=O)n1. The molecule has 1 heterocycles. The molecule has 0 saturated heterocycles. The third kappa shape index (κ3) is 5.14. The molecule has 0 aliphatic heterocycles. The van der Waals surface area contributed by atoms with Crippen molar-refractivity contribution in [3.63, 3.8) is 0 Å². The Morgan fingerprint density at radius 3 is 2.82 bits per heavy atom. The molecule has 6 heteroatoms. The zero-order valence-electron chi connectivity index (χ0n) is 10.4. The monoisotopic (exact) mass is 238 g/mol. The fraction of sp³-hybridized carbons (Fsp3) is 0.545. The number of aryl methyl sites for hydroxylation is 1. The molecule has 1 rings (SSSR count). The van der Waals surface area contributed by atoms with Crippen LogP contribution in [0.3, 0.4) is 0 Å². The molecule has 0 bridgehead atoms. The first-order valence-corrected chi connectivity index (χ1v) is 5.58. The summed E-state index contributed by atoms with van der Waals surface area (Å²) in [4.78, 5) is 19.1. The Bertz CT molecular complexity index is 382. The van der Waals surface area contributed by atoms with Crippen LogP contribution >= 0.6 is 0 Å². The van der Waals surface area contributed by atoms with E-state index in [2.05, 4.69) is 20.6 Å². The summed E-state index contributed by atoms with van der Waals surface area (Å²) < 4.78 is 5.31. The van der Waals surface area contributed by atoms with E-state index in [1.807, 2.05) is 13.8 Å². The van der Waals surface area contributed by atoms with Crippen LogP contribution in [-0.4, -0.2) is 35.6 Å². The molecule has 94 valence electrons. The van der Waals surface area contributed by atoms with Gasteiger partial charge in [-0.1, -0.05) is 0 Å². The lowest BCUT2D eigenvalue weighted by atomic mass is 10.4. The van der Waals surface area contributed by atoms with Gasteiger partial charge in [0.2, 0.25) is 17.7 Å². The van der Waals surface area contributed by atoms with Gasteiger partial charge in [-0.05, 0) is 13.8 Å². The van der Waals surface area contributed by atoms with E-state index in [-0.39, 0.29) is 5.91 Å². The van der Waals surface area contributed by atoms with Gasteiger partial charge in [0, 0.05) is 31.8 Å². The topological polar surface area (TPSA) is 76.1 Å². The van der Waals surface area contributed by atoms with Crippen LogP contribution in [0, 0.1) is 6.92 Å². The maximum Gasteiger partial charge on any atom is 0.226 e. The minimum atomic E-state index is -0.0491. The summed E-state index contributed by atoms with van der Waals surface area (Å²) in [6, 6.07) is 1.78. The van der Waals surface area contributed by atoms with Crippen LogP contribution in [0.25, 0.3) is 0 Å². The van der Waals surface area contributed by atoms with Crippen molar-refractivity contribution in [2.45, 2.75) is 20.8 Å². The van der Waals surface area contributed by atoms with Gasteiger partial charge in [-0.15, -0.1) is 0 Å². The van der Waals surface area contributed by atoms with Crippen LogP contribution in [0.4, 0.5) is 5.95 Å². The number of nitrogens with one attached hydrogen (secondary N) is 2. The van der Waals surface area contributed by atoms with Crippen LogP contribution in [0.2, 0.25) is 0 Å². The van der Waals surface area contributed by atoms with Crippen molar-refractivity contribution in [3.05, 3.63) is 11.8 Å². The standard InChI is InChI=1S/C11H18N4O2/c1-4-17-10-7-8(2)14-11(15-10)13-6-5-12-9(3)16/h7H,4-6H2,1-3H3,(H,12,16)(H,13,14,15). The average Bonchev–Trinajstić information content (AvgIpc) is 2.24. The number of aromatic nitrogens is 2. The highest BCUT2D eigenvalue weighted by Crippen LogP contribution is 2.11. The van der Waals surface area contributed by atoms with Crippen molar-refractivity contribution in [2.24, 2.45) is 0 Å². The van der Waals surface area contributed by atoms with E-state index in [4.69, 9.17) is 4.74 Å². The third-order valence-corrected chi connectivity index (χ3v) is 1.90. The Morgan fingerprint density at radius 1 is 1.41 bits per heavy atom. The van der Waals surface area contributed by atoms with E-state index in [1.165, 1.54) is 6.92 Å². The zero-order valence-corrected chi connectivity index (χ0v) is 10.4. The lowest BCUT2D eigenvalue weighted by Crippen LogP contribution is -2.26. The predicted molar refractivity (Wildman–Crippen MR) is 65.1 cm³/mol. The highest BCUT2D eigenvalue weighted by molar-refractivity contribution is 5.72. The van der Waals surface area contributed by atoms with Crippen molar-refractivity contribution in [2.75, 3.05) is 25.0 Å². The van der Waals surface area contributed by atoms with Crippen molar-refractivity contribution in [1.29, 1.82) is 0 Å². The number of rotatable bonds is 6. The predicted octanol–water partition coefficient (Wildman–Crippen LogP) is 0.732. The molecule has 0 radical (unpaired) electrons. The Kier molecular flexibility index (Phi) is 5.19. The van der Waals surface area contributed by atoms with Gasteiger partial charge in [-0.25, -0.2) is 4.98 Å². The molecule has 0 unspecified atom stereocenters. The molecular weight excluding hydrogens is 220 g/mol. The second-order valence-corrected chi connectivity index (χ2v) is 3.51. The van der Waals surface area contributed by atoms with Crippen molar-refractivity contribution in [3.8, 4) is 5.88 Å². The molecule has 0 aliphatic carbocycles. The Balaban J connectivity index is 2.49. The van der Waals surface area contributed by atoms with E-state index in [0.29, 0.717) is 31.5 Å². The second kappa shape index (κ2) is 6.67. The highest BCUT2D eigenvalue weighted by atomic mass is 16.5. The van der Waals surface area contributed by atoms with Crippen molar-refractivity contribution in [1.82, 2.24) is 15.3 Å². The lowest BCUT2D eigenvalue weighted by Gasteiger charge is -2.08. The van der Waals surface area contributed by atoms with Crippen LogP contribution in [-0.2, 0) is 4.79 Å². The molecule has 17 heavy (non-hydrogen) atoms. The van der Waals surface area contributed by atoms with Crippen LogP contribution in [0.1, 0.15) is 19.5 Å². The van der Waals surface area contributed by atoms with Crippen molar-refractivity contribution < 1.29 is 9.53 Å². The van der Waals surface area contributed by atoms with Gasteiger partial charge in [-0.2, -0.15) is 4.98 Å². The molecule has 0 atom stereocenters. The number of hydrogen-bond acceptors (Lipinski definition) is 5. The minimum absolute atomic E-state index is 0.0491. The molecule has 0 fully saturated rings. The summed E-state index contributed by atoms with van der Waals surface area (Å²) in [6.07, 6.45) is 0. The summed E-state index contributed by atoms with van der Waals surface area (Å²) in [5.41, 5.74) is 0.838. The van der Waals surface area contributed by atoms with Gasteiger partial charge in [0.05, 0.1) is 6.61 Å². The number of nitrogens with zero attached hydrogens (tertiary/aromatic N) is 2. The number of anilines is 1. The fourth-order valence-corrected chi connectivity index (χ4v) is 1.25. The number of hydrogen-bond donors (Lipinski definition) is 2. The average molecular weight is 238 g/mol. The smallest absolute Gasteiger partial charge is 0.226 e. The maximum absolute atomic E-state index is 10.7. The first-order valence-electron chi connectivity index (χ1n) is 5.58. The van der Waals surface area contributed by atoms with Crippen LogP contribution < -0.4 is 15.4 Å². The zero-order chi connectivity index (χ0) is 12.7. The highest BCUT2D eigenvalue weighted by Gasteiger charge is 2.02. The number of carbonyl (C=O) groups is 1. The molecule has 0 aliphatic rings. The van der Waals surface area contributed by atoms with Gasteiger partial charge < -0.3 is 15.4 Å². The molecule has 6 nitrogen and oxygen atoms in total. The van der Waals surface area contributed by atoms with Crippen LogP contribution in [0.5, 0.6) is 5.88 Å². The summed E-state index contributed by atoms with van der Waals surface area (Å²) in [7, 11) is 0. The largest absolute Gasteiger partial charge is 0.478 e. The molecule has 1 amide bonds. The molecular formula is C11H18N4O2. The van der Waals surface area contributed by atoms with Gasteiger partial charge in [0.1, 0.15) is 0 Å². The molecule has 1 aromatic rings. The maximum atomic E-state index is 10.7. The van der Waals surface area contributed by atoms with E-state index in [1.54, 1.807) is 6.07 Å². The lowest BCUT2D eigenvalue weighted by molar-refractivity contribution is -0.118. The first-order chi connectivity index (χ1) is 8.11. The number of carbonyl (C=O) groups excluding carboxylic acids is 1. The number of ether oxygens (including phenoxy) is 1. The Hall–Kier alpha value is -1.85. The summed E-state index contributed by atoms with van der Waals surface area (Å²) >= 11 is 0. The molecule has 0 spiro atoms. The normalized spacial score (nSPS) is 9.82. The van der Waals surface area contributed by atoms with E-state index in [0.717, 1.165) is 5.69 Å². The third-order valence-electron chi connectivity index (χ3n) is 1.90. The molecule has 2 N–H and O–H groups in total. The molecule has 1 aromatic heterocycles.